The topological polar surface area (TPSA) is 46.2 Å². The summed E-state index contributed by atoms with van der Waals surface area (Å²) in [5.41, 5.74) is 4.47. The van der Waals surface area contributed by atoms with Crippen molar-refractivity contribution in [1.82, 2.24) is 0 Å². The van der Waals surface area contributed by atoms with E-state index >= 15 is 0 Å². The van der Waals surface area contributed by atoms with Crippen LogP contribution in [0, 0.1) is 11.7 Å². The molecule has 18 heavy (non-hydrogen) atoms. The van der Waals surface area contributed by atoms with Gasteiger partial charge in [0.05, 0.1) is 17.7 Å². The number of alkyl halides is 3. The average Bonchev–Trinajstić information content (AvgIpc) is 2.24. The molecule has 2 atom stereocenters. The van der Waals surface area contributed by atoms with E-state index in [2.05, 4.69) is 0 Å². The third-order valence-electron chi connectivity index (χ3n) is 2.73. The summed E-state index contributed by atoms with van der Waals surface area (Å²) in [6, 6.07) is 1.53. The predicted octanol–water partition coefficient (Wildman–Crippen LogP) is 2.86. The normalized spacial score (nSPS) is 15.8. The van der Waals surface area contributed by atoms with Crippen molar-refractivity contribution in [3.63, 3.8) is 0 Å². The fourth-order valence-electron chi connectivity index (χ4n) is 1.58. The molecule has 0 aromatic heterocycles. The minimum absolute atomic E-state index is 0.140. The zero-order chi connectivity index (χ0) is 14.1. The van der Waals surface area contributed by atoms with Crippen LogP contribution in [0.15, 0.2) is 18.2 Å². The van der Waals surface area contributed by atoms with Crippen molar-refractivity contribution in [2.24, 2.45) is 11.7 Å². The van der Waals surface area contributed by atoms with Crippen molar-refractivity contribution in [3.8, 4) is 0 Å². The van der Waals surface area contributed by atoms with Crippen molar-refractivity contribution in [1.29, 1.82) is 0 Å². The van der Waals surface area contributed by atoms with Crippen LogP contribution in [-0.2, 0) is 6.18 Å². The lowest BCUT2D eigenvalue weighted by Gasteiger charge is -2.23. The number of halogens is 4. The Hall–Kier alpha value is -1.14. The van der Waals surface area contributed by atoms with Gasteiger partial charge in [0.15, 0.2) is 0 Å². The number of hydrogen-bond donors (Lipinski definition) is 2. The van der Waals surface area contributed by atoms with E-state index < -0.39 is 29.7 Å². The van der Waals surface area contributed by atoms with Gasteiger partial charge in [0.25, 0.3) is 0 Å². The number of hydrogen-bond acceptors (Lipinski definition) is 2. The zero-order valence-electron chi connectivity index (χ0n) is 10.0. The first kappa shape index (κ1) is 14.9. The molecule has 0 spiro atoms. The summed E-state index contributed by atoms with van der Waals surface area (Å²) in [4.78, 5) is 0. The summed E-state index contributed by atoms with van der Waals surface area (Å²) in [6.45, 7) is 3.43. The maximum Gasteiger partial charge on any atom is 0.419 e. The Labute approximate surface area is 102 Å². The van der Waals surface area contributed by atoms with Gasteiger partial charge >= 0.3 is 6.18 Å². The second kappa shape index (κ2) is 5.24. The Morgan fingerprint density at radius 1 is 1.22 bits per heavy atom. The quantitative estimate of drug-likeness (QED) is 0.825. The molecule has 0 amide bonds. The highest BCUT2D eigenvalue weighted by Crippen LogP contribution is 2.32. The van der Waals surface area contributed by atoms with Crippen LogP contribution in [0.3, 0.4) is 0 Å². The summed E-state index contributed by atoms with van der Waals surface area (Å²) in [7, 11) is 0. The van der Waals surface area contributed by atoms with E-state index in [1.807, 2.05) is 0 Å². The van der Waals surface area contributed by atoms with Gasteiger partial charge in [0, 0.05) is 0 Å². The third-order valence-corrected chi connectivity index (χ3v) is 2.73. The summed E-state index contributed by atoms with van der Waals surface area (Å²) in [5.74, 6) is -1.56. The molecule has 0 aliphatic carbocycles. The standard InChI is InChI=1S/C12H15F4NO/c1-6(2)11(18)10(17)7-3-4-8(9(13)5-7)12(14,15)16/h3-6,10-11,18H,17H2,1-2H3/t10-,11+/m0/s1. The first-order chi connectivity index (χ1) is 8.14. The fourth-order valence-corrected chi connectivity index (χ4v) is 1.58. The lowest BCUT2D eigenvalue weighted by Crippen LogP contribution is -2.30. The Bertz CT molecular complexity index is 417. The second-order valence-corrected chi connectivity index (χ2v) is 4.50. The Morgan fingerprint density at radius 2 is 1.78 bits per heavy atom. The van der Waals surface area contributed by atoms with Gasteiger partial charge in [-0.15, -0.1) is 0 Å². The molecule has 0 unspecified atom stereocenters. The predicted molar refractivity (Wildman–Crippen MR) is 59.2 cm³/mol. The van der Waals surface area contributed by atoms with Gasteiger partial charge in [-0.1, -0.05) is 19.9 Å². The summed E-state index contributed by atoms with van der Waals surface area (Å²) in [5, 5.41) is 9.70. The smallest absolute Gasteiger partial charge is 0.391 e. The van der Waals surface area contributed by atoms with Gasteiger partial charge in [0.2, 0.25) is 0 Å². The molecule has 1 aromatic rings. The zero-order valence-corrected chi connectivity index (χ0v) is 10.0. The number of aliphatic hydroxyl groups is 1. The molecule has 1 rings (SSSR count). The monoisotopic (exact) mass is 265 g/mol. The van der Waals surface area contributed by atoms with Crippen LogP contribution in [0.25, 0.3) is 0 Å². The average molecular weight is 265 g/mol. The summed E-state index contributed by atoms with van der Waals surface area (Å²) in [6.07, 6.45) is -5.68. The lowest BCUT2D eigenvalue weighted by molar-refractivity contribution is -0.140. The van der Waals surface area contributed by atoms with Gasteiger partial charge in [0.1, 0.15) is 5.82 Å². The molecule has 0 bridgehead atoms. The maximum absolute atomic E-state index is 13.3. The van der Waals surface area contributed by atoms with Crippen molar-refractivity contribution in [2.45, 2.75) is 32.2 Å². The lowest BCUT2D eigenvalue weighted by atomic mass is 9.94. The highest BCUT2D eigenvalue weighted by Gasteiger charge is 2.34. The highest BCUT2D eigenvalue weighted by molar-refractivity contribution is 5.29. The molecule has 3 N–H and O–H groups in total. The molecule has 0 radical (unpaired) electrons. The summed E-state index contributed by atoms with van der Waals surface area (Å²) < 4.78 is 50.4. The molecule has 0 aliphatic rings. The van der Waals surface area contributed by atoms with E-state index in [0.717, 1.165) is 12.1 Å². The Balaban J connectivity index is 3.05. The minimum Gasteiger partial charge on any atom is -0.391 e. The molecular weight excluding hydrogens is 250 g/mol. The molecule has 0 saturated heterocycles. The van der Waals surface area contributed by atoms with Crippen molar-refractivity contribution < 1.29 is 22.7 Å². The van der Waals surface area contributed by atoms with Crippen LogP contribution >= 0.6 is 0 Å². The van der Waals surface area contributed by atoms with E-state index in [9.17, 15) is 22.7 Å². The van der Waals surface area contributed by atoms with Crippen LogP contribution < -0.4 is 5.73 Å². The Morgan fingerprint density at radius 3 is 2.17 bits per heavy atom. The van der Waals surface area contributed by atoms with Crippen LogP contribution in [0.2, 0.25) is 0 Å². The minimum atomic E-state index is -4.73. The molecule has 0 aliphatic heterocycles. The first-order valence-corrected chi connectivity index (χ1v) is 5.45. The molecule has 6 heteroatoms. The van der Waals surface area contributed by atoms with Crippen molar-refractivity contribution in [3.05, 3.63) is 35.1 Å². The SMILES string of the molecule is CC(C)[C@@H](O)[C@@H](N)c1ccc(C(F)(F)F)c(F)c1. The molecule has 102 valence electrons. The molecule has 0 heterocycles. The molecule has 1 aromatic carbocycles. The summed E-state index contributed by atoms with van der Waals surface area (Å²) >= 11 is 0. The van der Waals surface area contributed by atoms with Crippen LogP contribution in [-0.4, -0.2) is 11.2 Å². The van der Waals surface area contributed by atoms with Gasteiger partial charge in [-0.2, -0.15) is 13.2 Å². The van der Waals surface area contributed by atoms with E-state index in [-0.39, 0.29) is 11.5 Å². The fraction of sp³-hybridized carbons (Fsp3) is 0.500. The second-order valence-electron chi connectivity index (χ2n) is 4.50. The molecule has 0 saturated carbocycles. The van der Waals surface area contributed by atoms with Crippen LogP contribution in [0.4, 0.5) is 17.6 Å². The number of benzene rings is 1. The number of nitrogens with two attached hydrogens (primary N) is 1. The van der Waals surface area contributed by atoms with Crippen molar-refractivity contribution >= 4 is 0 Å². The maximum atomic E-state index is 13.3. The van der Waals surface area contributed by atoms with Crippen molar-refractivity contribution in [2.75, 3.05) is 0 Å². The van der Waals surface area contributed by atoms with Gasteiger partial charge < -0.3 is 10.8 Å². The van der Waals surface area contributed by atoms with E-state index in [1.165, 1.54) is 0 Å². The van der Waals surface area contributed by atoms with Gasteiger partial charge in [-0.05, 0) is 23.6 Å². The van der Waals surface area contributed by atoms with E-state index in [0.29, 0.717) is 6.07 Å². The number of aliphatic hydroxyl groups excluding tert-OH is 1. The number of rotatable bonds is 3. The molecule has 0 fully saturated rings. The molecular formula is C12H15F4NO. The van der Waals surface area contributed by atoms with E-state index in [4.69, 9.17) is 5.73 Å². The highest BCUT2D eigenvalue weighted by atomic mass is 19.4. The van der Waals surface area contributed by atoms with Gasteiger partial charge in [-0.25, -0.2) is 4.39 Å². The van der Waals surface area contributed by atoms with Crippen LogP contribution in [0.5, 0.6) is 0 Å². The van der Waals surface area contributed by atoms with Crippen LogP contribution in [0.1, 0.15) is 31.0 Å². The van der Waals surface area contributed by atoms with E-state index in [1.54, 1.807) is 13.8 Å². The molecule has 2 nitrogen and oxygen atoms in total. The van der Waals surface area contributed by atoms with Gasteiger partial charge in [-0.3, -0.25) is 0 Å². The Kier molecular flexibility index (Phi) is 4.34. The largest absolute Gasteiger partial charge is 0.419 e. The third kappa shape index (κ3) is 3.20. The first-order valence-electron chi connectivity index (χ1n) is 5.45.